The number of hydrogen-bond acceptors (Lipinski definition) is 6. The number of ether oxygens (including phenoxy) is 1. The first-order valence-electron chi connectivity index (χ1n) is 6.25. The SMILES string of the molecule is COCc1nc(N)cc(NC2CCCN(C)C2)n1. The molecule has 18 heavy (non-hydrogen) atoms. The molecule has 1 atom stereocenters. The van der Waals surface area contributed by atoms with E-state index in [1.165, 1.54) is 13.0 Å². The number of nitrogens with one attached hydrogen (secondary N) is 1. The molecule has 1 unspecified atom stereocenters. The number of piperidine rings is 1. The summed E-state index contributed by atoms with van der Waals surface area (Å²) >= 11 is 0. The molecule has 6 nitrogen and oxygen atoms in total. The number of anilines is 2. The van der Waals surface area contributed by atoms with Crippen molar-refractivity contribution in [1.82, 2.24) is 14.9 Å². The first-order chi connectivity index (χ1) is 8.67. The van der Waals surface area contributed by atoms with Gasteiger partial charge in [-0.05, 0) is 26.4 Å². The average Bonchev–Trinajstić information content (AvgIpc) is 2.28. The van der Waals surface area contributed by atoms with E-state index in [-0.39, 0.29) is 0 Å². The van der Waals surface area contributed by atoms with Gasteiger partial charge in [0.15, 0.2) is 5.82 Å². The Kier molecular flexibility index (Phi) is 4.33. The van der Waals surface area contributed by atoms with Crippen molar-refractivity contribution in [1.29, 1.82) is 0 Å². The second-order valence-electron chi connectivity index (χ2n) is 4.77. The maximum absolute atomic E-state index is 5.77. The number of rotatable bonds is 4. The summed E-state index contributed by atoms with van der Waals surface area (Å²) in [6, 6.07) is 2.20. The van der Waals surface area contributed by atoms with Crippen molar-refractivity contribution in [3.05, 3.63) is 11.9 Å². The second kappa shape index (κ2) is 5.97. The fourth-order valence-electron chi connectivity index (χ4n) is 2.28. The summed E-state index contributed by atoms with van der Waals surface area (Å²) in [7, 11) is 3.76. The monoisotopic (exact) mass is 251 g/mol. The minimum Gasteiger partial charge on any atom is -0.384 e. The van der Waals surface area contributed by atoms with Crippen LogP contribution in [-0.2, 0) is 11.3 Å². The van der Waals surface area contributed by atoms with Crippen LogP contribution < -0.4 is 11.1 Å². The van der Waals surface area contributed by atoms with E-state index in [0.29, 0.717) is 24.3 Å². The molecule has 0 bridgehead atoms. The molecule has 1 aliphatic rings. The number of nitrogen functional groups attached to an aromatic ring is 1. The summed E-state index contributed by atoms with van der Waals surface area (Å²) < 4.78 is 5.03. The molecule has 2 rings (SSSR count). The van der Waals surface area contributed by atoms with E-state index in [9.17, 15) is 0 Å². The molecule has 6 heteroatoms. The topological polar surface area (TPSA) is 76.3 Å². The number of likely N-dealkylation sites (tertiary alicyclic amines) is 1. The third kappa shape index (κ3) is 3.54. The second-order valence-corrected chi connectivity index (χ2v) is 4.77. The predicted molar refractivity (Wildman–Crippen MR) is 71.3 cm³/mol. The van der Waals surface area contributed by atoms with Crippen molar-refractivity contribution in [3.8, 4) is 0 Å². The molecule has 1 aromatic heterocycles. The quantitative estimate of drug-likeness (QED) is 0.821. The number of likely N-dealkylation sites (N-methyl/N-ethyl adjacent to an activating group) is 1. The summed E-state index contributed by atoms with van der Waals surface area (Å²) in [5, 5.41) is 3.42. The van der Waals surface area contributed by atoms with Crippen molar-refractivity contribution in [2.75, 3.05) is 38.3 Å². The third-order valence-electron chi connectivity index (χ3n) is 3.04. The molecule has 100 valence electrons. The molecule has 0 aliphatic carbocycles. The molecule has 0 aromatic carbocycles. The lowest BCUT2D eigenvalue weighted by atomic mass is 10.1. The fourth-order valence-corrected chi connectivity index (χ4v) is 2.28. The third-order valence-corrected chi connectivity index (χ3v) is 3.04. The molecule has 2 heterocycles. The maximum Gasteiger partial charge on any atom is 0.158 e. The molecule has 1 saturated heterocycles. The van der Waals surface area contributed by atoms with Gasteiger partial charge < -0.3 is 20.7 Å². The zero-order chi connectivity index (χ0) is 13.0. The van der Waals surface area contributed by atoms with E-state index >= 15 is 0 Å². The fraction of sp³-hybridized carbons (Fsp3) is 0.667. The molecule has 1 aromatic rings. The lowest BCUT2D eigenvalue weighted by Gasteiger charge is -2.30. The van der Waals surface area contributed by atoms with E-state index in [1.807, 2.05) is 0 Å². The first kappa shape index (κ1) is 13.0. The average molecular weight is 251 g/mol. The van der Waals surface area contributed by atoms with Crippen molar-refractivity contribution in [3.63, 3.8) is 0 Å². The summed E-state index contributed by atoms with van der Waals surface area (Å²) in [6.45, 7) is 2.58. The summed E-state index contributed by atoms with van der Waals surface area (Å²) in [6.07, 6.45) is 2.37. The van der Waals surface area contributed by atoms with Gasteiger partial charge in [-0.1, -0.05) is 0 Å². The number of nitrogens with two attached hydrogens (primary N) is 1. The highest BCUT2D eigenvalue weighted by molar-refractivity contribution is 5.45. The molecule has 3 N–H and O–H groups in total. The van der Waals surface area contributed by atoms with Gasteiger partial charge in [0.1, 0.15) is 18.2 Å². The molecule has 0 radical (unpaired) electrons. The summed E-state index contributed by atoms with van der Waals surface area (Å²) in [5.74, 6) is 1.88. The molecular formula is C12H21N5O. The maximum atomic E-state index is 5.77. The Balaban J connectivity index is 2.03. The van der Waals surface area contributed by atoms with Crippen LogP contribution in [0.15, 0.2) is 6.07 Å². The van der Waals surface area contributed by atoms with E-state index < -0.39 is 0 Å². The molecule has 1 fully saturated rings. The van der Waals surface area contributed by atoms with Gasteiger partial charge in [-0.25, -0.2) is 9.97 Å². The Morgan fingerprint density at radius 1 is 1.56 bits per heavy atom. The standard InChI is InChI=1S/C12H21N5O/c1-17-5-3-4-9(7-17)14-11-6-10(13)15-12(16-11)8-18-2/h6,9H,3-5,7-8H2,1-2H3,(H3,13,14,15,16). The van der Waals surface area contributed by atoms with Crippen LogP contribution in [0.5, 0.6) is 0 Å². The van der Waals surface area contributed by atoms with E-state index in [1.54, 1.807) is 13.2 Å². The zero-order valence-corrected chi connectivity index (χ0v) is 11.0. The summed E-state index contributed by atoms with van der Waals surface area (Å²) in [5.41, 5.74) is 5.77. The lowest BCUT2D eigenvalue weighted by molar-refractivity contribution is 0.178. The Labute approximate surface area is 108 Å². The van der Waals surface area contributed by atoms with E-state index in [2.05, 4.69) is 27.2 Å². The van der Waals surface area contributed by atoms with Crippen molar-refractivity contribution in [2.45, 2.75) is 25.5 Å². The Morgan fingerprint density at radius 2 is 2.39 bits per heavy atom. The summed E-state index contributed by atoms with van der Waals surface area (Å²) in [4.78, 5) is 10.8. The van der Waals surface area contributed by atoms with Crippen LogP contribution in [0.25, 0.3) is 0 Å². The zero-order valence-electron chi connectivity index (χ0n) is 11.0. The highest BCUT2D eigenvalue weighted by Crippen LogP contribution is 2.15. The number of methoxy groups -OCH3 is 1. The first-order valence-corrected chi connectivity index (χ1v) is 6.25. The Hall–Kier alpha value is -1.40. The van der Waals surface area contributed by atoms with Gasteiger partial charge >= 0.3 is 0 Å². The predicted octanol–water partition coefficient (Wildman–Crippen LogP) is 0.711. The lowest BCUT2D eigenvalue weighted by Crippen LogP contribution is -2.40. The van der Waals surface area contributed by atoms with Gasteiger partial charge in [0.25, 0.3) is 0 Å². The normalized spacial score (nSPS) is 20.9. The van der Waals surface area contributed by atoms with Crippen LogP contribution >= 0.6 is 0 Å². The molecule has 0 amide bonds. The van der Waals surface area contributed by atoms with E-state index in [4.69, 9.17) is 10.5 Å². The van der Waals surface area contributed by atoms with Crippen LogP contribution in [0, 0.1) is 0 Å². The van der Waals surface area contributed by atoms with Crippen LogP contribution in [0.1, 0.15) is 18.7 Å². The van der Waals surface area contributed by atoms with Crippen LogP contribution in [0.3, 0.4) is 0 Å². The van der Waals surface area contributed by atoms with Gasteiger partial charge in [-0.2, -0.15) is 0 Å². The van der Waals surface area contributed by atoms with Gasteiger partial charge in [-0.3, -0.25) is 0 Å². The van der Waals surface area contributed by atoms with Crippen LogP contribution in [0.2, 0.25) is 0 Å². The van der Waals surface area contributed by atoms with Gasteiger partial charge in [-0.15, -0.1) is 0 Å². The Morgan fingerprint density at radius 3 is 3.11 bits per heavy atom. The van der Waals surface area contributed by atoms with Gasteiger partial charge in [0.05, 0.1) is 0 Å². The molecule has 1 aliphatic heterocycles. The van der Waals surface area contributed by atoms with Crippen LogP contribution in [-0.4, -0.2) is 48.2 Å². The molecule has 0 saturated carbocycles. The largest absolute Gasteiger partial charge is 0.384 e. The number of hydrogen-bond donors (Lipinski definition) is 2. The highest BCUT2D eigenvalue weighted by Gasteiger charge is 2.17. The van der Waals surface area contributed by atoms with Crippen molar-refractivity contribution < 1.29 is 4.74 Å². The minimum absolute atomic E-state index is 0.379. The smallest absolute Gasteiger partial charge is 0.158 e. The molecule has 0 spiro atoms. The highest BCUT2D eigenvalue weighted by atomic mass is 16.5. The van der Waals surface area contributed by atoms with Crippen molar-refractivity contribution >= 4 is 11.6 Å². The van der Waals surface area contributed by atoms with Crippen LogP contribution in [0.4, 0.5) is 11.6 Å². The van der Waals surface area contributed by atoms with Gasteiger partial charge in [0, 0.05) is 25.8 Å². The number of nitrogens with zero attached hydrogens (tertiary/aromatic N) is 3. The minimum atomic E-state index is 0.379. The van der Waals surface area contributed by atoms with E-state index in [0.717, 1.165) is 18.8 Å². The van der Waals surface area contributed by atoms with Crippen molar-refractivity contribution in [2.24, 2.45) is 0 Å². The number of aromatic nitrogens is 2. The molecular weight excluding hydrogens is 230 g/mol. The van der Waals surface area contributed by atoms with Gasteiger partial charge in [0.2, 0.25) is 0 Å². The Bertz CT molecular complexity index is 398.